The number of hydrogen-bond donors (Lipinski definition) is 1. The fraction of sp³-hybridized carbons (Fsp3) is 0.381. The van der Waals surface area contributed by atoms with E-state index in [4.69, 9.17) is 9.47 Å². The first-order valence-electron chi connectivity index (χ1n) is 9.26. The van der Waals surface area contributed by atoms with E-state index in [9.17, 15) is 8.42 Å². The summed E-state index contributed by atoms with van der Waals surface area (Å²) in [5.74, 6) is 1.12. The van der Waals surface area contributed by atoms with Crippen molar-refractivity contribution in [2.45, 2.75) is 44.4 Å². The van der Waals surface area contributed by atoms with Gasteiger partial charge in [-0.25, -0.2) is 0 Å². The van der Waals surface area contributed by atoms with E-state index in [1.807, 2.05) is 19.1 Å². The van der Waals surface area contributed by atoms with Gasteiger partial charge in [-0.3, -0.25) is 0 Å². The average molecular weight is 405 g/mol. The highest BCUT2D eigenvalue weighted by Gasteiger charge is 2.20. The van der Waals surface area contributed by atoms with Crippen LogP contribution in [0.5, 0.6) is 11.5 Å². The van der Waals surface area contributed by atoms with Crippen molar-refractivity contribution in [3.05, 3.63) is 53.6 Å². The van der Waals surface area contributed by atoms with Gasteiger partial charge in [-0.1, -0.05) is 45.0 Å². The first-order chi connectivity index (χ1) is 13.4. The molecule has 0 saturated carbocycles. The predicted molar refractivity (Wildman–Crippen MR) is 112 cm³/mol. The molecule has 6 nitrogen and oxygen atoms in total. The molecule has 0 aliphatic heterocycles. The molecule has 0 radical (unpaired) electrons. The number of hydrogen-bond acceptors (Lipinski definition) is 5. The highest BCUT2D eigenvalue weighted by Crippen LogP contribution is 2.28. The van der Waals surface area contributed by atoms with E-state index in [1.165, 1.54) is 25.8 Å². The highest BCUT2D eigenvalue weighted by molar-refractivity contribution is 7.89. The van der Waals surface area contributed by atoms with E-state index in [0.717, 1.165) is 12.0 Å². The van der Waals surface area contributed by atoms with Crippen LogP contribution in [0.3, 0.4) is 0 Å². The average Bonchev–Trinajstić information content (AvgIpc) is 2.73. The fourth-order valence-electron chi connectivity index (χ4n) is 2.75. The molecular formula is C21H28N2O4S. The number of hydrazone groups is 1. The van der Waals surface area contributed by atoms with Crippen LogP contribution < -0.4 is 14.3 Å². The summed E-state index contributed by atoms with van der Waals surface area (Å²) in [7, 11) is -1.03. The zero-order valence-corrected chi connectivity index (χ0v) is 17.8. The third-order valence-corrected chi connectivity index (χ3v) is 5.95. The van der Waals surface area contributed by atoms with Crippen molar-refractivity contribution in [2.75, 3.05) is 14.2 Å². The molecule has 0 amide bonds. The summed E-state index contributed by atoms with van der Waals surface area (Å²) in [6.45, 7) is 6.26. The Bertz CT molecular complexity index is 922. The second-order valence-corrected chi connectivity index (χ2v) is 8.08. The van der Waals surface area contributed by atoms with Crippen molar-refractivity contribution in [3.8, 4) is 11.5 Å². The topological polar surface area (TPSA) is 77.0 Å². The van der Waals surface area contributed by atoms with Crippen molar-refractivity contribution < 1.29 is 17.9 Å². The van der Waals surface area contributed by atoms with Gasteiger partial charge in [0.1, 0.15) is 16.4 Å². The van der Waals surface area contributed by atoms with Crippen molar-refractivity contribution in [3.63, 3.8) is 0 Å². The Morgan fingerprint density at radius 1 is 1.07 bits per heavy atom. The summed E-state index contributed by atoms with van der Waals surface area (Å²) in [5, 5.41) is 4.17. The number of methoxy groups -OCH3 is 2. The van der Waals surface area contributed by atoms with E-state index in [-0.39, 0.29) is 10.6 Å². The Kier molecular flexibility index (Phi) is 7.45. The number of nitrogens with one attached hydrogen (secondary N) is 1. The van der Waals surface area contributed by atoms with Crippen molar-refractivity contribution in [2.24, 2.45) is 5.10 Å². The first kappa shape index (κ1) is 21.8. The lowest BCUT2D eigenvalue weighted by molar-refractivity contribution is 0.392. The minimum atomic E-state index is -3.92. The lowest BCUT2D eigenvalue weighted by Gasteiger charge is -2.12. The summed E-state index contributed by atoms with van der Waals surface area (Å²) >= 11 is 0. The Hall–Kier alpha value is -2.54. The molecule has 0 fully saturated rings. The van der Waals surface area contributed by atoms with Gasteiger partial charge in [0.15, 0.2) is 0 Å². The monoisotopic (exact) mass is 404 g/mol. The smallest absolute Gasteiger partial charge is 0.280 e. The lowest BCUT2D eigenvalue weighted by Crippen LogP contribution is -2.21. The highest BCUT2D eigenvalue weighted by atomic mass is 32.2. The van der Waals surface area contributed by atoms with Gasteiger partial charge in [0.05, 0.1) is 19.9 Å². The van der Waals surface area contributed by atoms with Gasteiger partial charge in [-0.05, 0) is 42.0 Å². The zero-order valence-electron chi connectivity index (χ0n) is 17.0. The summed E-state index contributed by atoms with van der Waals surface area (Å²) in [4.78, 5) is 2.30. The van der Waals surface area contributed by atoms with Gasteiger partial charge in [0.25, 0.3) is 10.0 Å². The van der Waals surface area contributed by atoms with Crippen molar-refractivity contribution in [1.82, 2.24) is 4.83 Å². The van der Waals surface area contributed by atoms with Gasteiger partial charge in [0, 0.05) is 6.07 Å². The van der Waals surface area contributed by atoms with Crippen LogP contribution in [-0.2, 0) is 10.0 Å². The quantitative estimate of drug-likeness (QED) is 0.499. The van der Waals surface area contributed by atoms with Gasteiger partial charge in [-0.15, -0.1) is 0 Å². The SMILES string of the molecule is CC/C(=N\NS(=O)(=O)c1cc(OC)ccc1OC)c1ccc(C(C)CC)cc1. The van der Waals surface area contributed by atoms with Crippen LogP contribution in [0.2, 0.25) is 0 Å². The van der Waals surface area contributed by atoms with E-state index in [2.05, 4.69) is 35.9 Å². The Morgan fingerprint density at radius 3 is 2.29 bits per heavy atom. The summed E-state index contributed by atoms with van der Waals surface area (Å²) in [5.41, 5.74) is 2.79. The maximum atomic E-state index is 12.8. The minimum absolute atomic E-state index is 0.0272. The van der Waals surface area contributed by atoms with E-state index in [1.54, 1.807) is 12.1 Å². The lowest BCUT2D eigenvalue weighted by atomic mass is 9.96. The molecule has 28 heavy (non-hydrogen) atoms. The van der Waals surface area contributed by atoms with Gasteiger partial charge >= 0.3 is 0 Å². The van der Waals surface area contributed by atoms with Crippen LogP contribution >= 0.6 is 0 Å². The molecule has 0 heterocycles. The Morgan fingerprint density at radius 2 is 1.75 bits per heavy atom. The van der Waals surface area contributed by atoms with E-state index < -0.39 is 10.0 Å². The van der Waals surface area contributed by atoms with Crippen LogP contribution in [0.4, 0.5) is 0 Å². The van der Waals surface area contributed by atoms with Gasteiger partial charge < -0.3 is 9.47 Å². The number of ether oxygens (including phenoxy) is 2. The third-order valence-electron chi connectivity index (χ3n) is 4.72. The Labute approximate surface area is 167 Å². The number of nitrogens with zero attached hydrogens (tertiary/aromatic N) is 1. The van der Waals surface area contributed by atoms with E-state index in [0.29, 0.717) is 23.8 Å². The largest absolute Gasteiger partial charge is 0.497 e. The molecule has 2 rings (SSSR count). The van der Waals surface area contributed by atoms with Gasteiger partial charge in [0.2, 0.25) is 0 Å². The van der Waals surface area contributed by atoms with Crippen LogP contribution in [0, 0.1) is 0 Å². The predicted octanol–water partition coefficient (Wildman–Crippen LogP) is 4.31. The molecule has 0 saturated heterocycles. The summed E-state index contributed by atoms with van der Waals surface area (Å²) in [6.07, 6.45) is 1.65. The fourth-order valence-corrected chi connectivity index (χ4v) is 3.76. The molecule has 2 aromatic carbocycles. The molecule has 0 aliphatic rings. The van der Waals surface area contributed by atoms with Crippen LogP contribution in [0.1, 0.15) is 50.7 Å². The summed E-state index contributed by atoms with van der Waals surface area (Å²) < 4.78 is 35.8. The van der Waals surface area contributed by atoms with Crippen LogP contribution in [-0.4, -0.2) is 28.3 Å². The summed E-state index contributed by atoms with van der Waals surface area (Å²) in [6, 6.07) is 12.7. The minimum Gasteiger partial charge on any atom is -0.497 e. The number of sulfonamides is 1. The number of benzene rings is 2. The van der Waals surface area contributed by atoms with Gasteiger partial charge in [-0.2, -0.15) is 18.4 Å². The molecule has 1 unspecified atom stereocenters. The second-order valence-electron chi connectivity index (χ2n) is 6.45. The molecule has 152 valence electrons. The second kappa shape index (κ2) is 9.59. The normalized spacial score (nSPS) is 13.1. The maximum Gasteiger partial charge on any atom is 0.280 e. The molecular weight excluding hydrogens is 376 g/mol. The molecule has 1 N–H and O–H groups in total. The molecule has 1 atom stereocenters. The molecule has 0 aromatic heterocycles. The standard InChI is InChI=1S/C21H28N2O4S/c1-6-15(3)16-8-10-17(11-9-16)19(7-2)22-23-28(24,25)21-14-18(26-4)12-13-20(21)27-5/h8-15,23H,6-7H2,1-5H3/b22-19+. The van der Waals surface area contributed by atoms with Crippen LogP contribution in [0.15, 0.2) is 52.5 Å². The third kappa shape index (κ3) is 5.04. The molecule has 2 aromatic rings. The zero-order chi connectivity index (χ0) is 20.7. The van der Waals surface area contributed by atoms with Crippen molar-refractivity contribution in [1.29, 1.82) is 0 Å². The first-order valence-corrected chi connectivity index (χ1v) is 10.7. The Balaban J connectivity index is 2.31. The van der Waals surface area contributed by atoms with E-state index >= 15 is 0 Å². The maximum absolute atomic E-state index is 12.8. The number of rotatable bonds is 9. The molecule has 7 heteroatoms. The van der Waals surface area contributed by atoms with Crippen molar-refractivity contribution >= 4 is 15.7 Å². The molecule has 0 spiro atoms. The van der Waals surface area contributed by atoms with Crippen LogP contribution in [0.25, 0.3) is 0 Å². The molecule has 0 bridgehead atoms. The molecule has 0 aliphatic carbocycles.